The fraction of sp³-hybridized carbons (Fsp3) is 0.800. The second-order valence-electron chi connectivity index (χ2n) is 17.8. The Morgan fingerprint density at radius 3 is 1.96 bits per heavy atom. The molecule has 5 rings (SSSR count). The summed E-state index contributed by atoms with van der Waals surface area (Å²) >= 11 is 0. The lowest BCUT2D eigenvalue weighted by atomic mass is 9.32. The second-order valence-corrected chi connectivity index (χ2v) is 17.8. The quantitative estimate of drug-likeness (QED) is 0.152. The maximum Gasteiger partial charge on any atom is 0.333 e. The van der Waals surface area contributed by atoms with Crippen molar-refractivity contribution in [3.8, 4) is 0 Å². The molecule has 0 aromatic carbocycles. The van der Waals surface area contributed by atoms with Gasteiger partial charge in [0.25, 0.3) is 0 Å². The Morgan fingerprint density at radius 1 is 0.833 bits per heavy atom. The molecule has 0 saturated heterocycles. The van der Waals surface area contributed by atoms with Gasteiger partial charge in [0.2, 0.25) is 0 Å². The molecule has 8 heteroatoms. The van der Waals surface area contributed by atoms with Gasteiger partial charge in [0.05, 0.1) is 24.2 Å². The molecule has 5 aliphatic carbocycles. The standard InChI is InChI=1S/C40H62O8/c1-11-23(3)33(45)47-31-32(48-34(46)24(4)12-2)40(22-42)26(20-35(31,5)6)25-14-15-28-37(8)18-13-17-36(7,21-41)27(37)16-19-38(28,9)39(25,10)29(43)30(40)44/h11-12,14,26-32,41-44H,13,15-22H2,1-10H3/t26?,27?,28?,29-,30-,31-,32+,36+,37-,38+,39-,40-/m0/s1. The number of hydrogen-bond acceptors (Lipinski definition) is 8. The summed E-state index contributed by atoms with van der Waals surface area (Å²) < 4.78 is 12.4. The number of rotatable bonds is 6. The Kier molecular flexibility index (Phi) is 9.58. The topological polar surface area (TPSA) is 134 Å². The van der Waals surface area contributed by atoms with Crippen molar-refractivity contribution < 1.29 is 39.5 Å². The van der Waals surface area contributed by atoms with E-state index in [1.54, 1.807) is 39.8 Å². The minimum atomic E-state index is -1.52. The molecule has 5 aliphatic rings. The van der Waals surface area contributed by atoms with Crippen molar-refractivity contribution in [1.29, 1.82) is 0 Å². The lowest BCUT2D eigenvalue weighted by Gasteiger charge is -2.73. The van der Waals surface area contributed by atoms with Crippen molar-refractivity contribution in [2.75, 3.05) is 13.2 Å². The van der Waals surface area contributed by atoms with Gasteiger partial charge in [-0.1, -0.05) is 71.8 Å². The van der Waals surface area contributed by atoms with Gasteiger partial charge < -0.3 is 29.9 Å². The number of aliphatic hydroxyl groups excluding tert-OH is 4. The van der Waals surface area contributed by atoms with E-state index in [4.69, 9.17) is 9.47 Å². The van der Waals surface area contributed by atoms with Crippen LogP contribution in [-0.2, 0) is 19.1 Å². The largest absolute Gasteiger partial charge is 0.454 e. The van der Waals surface area contributed by atoms with E-state index in [0.29, 0.717) is 23.5 Å². The van der Waals surface area contributed by atoms with Gasteiger partial charge in [-0.3, -0.25) is 0 Å². The van der Waals surface area contributed by atoms with Crippen molar-refractivity contribution in [2.24, 2.45) is 50.2 Å². The van der Waals surface area contributed by atoms with Crippen molar-refractivity contribution >= 4 is 11.9 Å². The molecule has 4 N–H and O–H groups in total. The van der Waals surface area contributed by atoms with Gasteiger partial charge in [0.15, 0.2) is 6.10 Å². The first-order valence-corrected chi connectivity index (χ1v) is 18.3. The van der Waals surface area contributed by atoms with Crippen LogP contribution in [-0.4, -0.2) is 70.0 Å². The Morgan fingerprint density at radius 2 is 1.42 bits per heavy atom. The van der Waals surface area contributed by atoms with Crippen LogP contribution in [0.25, 0.3) is 0 Å². The van der Waals surface area contributed by atoms with Gasteiger partial charge in [-0.05, 0) is 100 Å². The van der Waals surface area contributed by atoms with Crippen molar-refractivity contribution in [1.82, 2.24) is 0 Å². The monoisotopic (exact) mass is 670 g/mol. The molecule has 0 spiro atoms. The summed E-state index contributed by atoms with van der Waals surface area (Å²) in [6, 6.07) is 0. The summed E-state index contributed by atoms with van der Waals surface area (Å²) in [4.78, 5) is 26.8. The first-order chi connectivity index (χ1) is 22.3. The number of allylic oxidation sites excluding steroid dienone is 3. The molecule has 0 radical (unpaired) electrons. The van der Waals surface area contributed by atoms with Crippen LogP contribution in [0.2, 0.25) is 0 Å². The van der Waals surface area contributed by atoms with Crippen LogP contribution in [0.5, 0.6) is 0 Å². The molecular formula is C40H62O8. The molecule has 0 aromatic rings. The summed E-state index contributed by atoms with van der Waals surface area (Å²) in [6.07, 6.45) is 6.71. The van der Waals surface area contributed by atoms with E-state index in [9.17, 15) is 30.0 Å². The fourth-order valence-electron chi connectivity index (χ4n) is 12.0. The maximum absolute atomic E-state index is 13.5. The predicted octanol–water partition coefficient (Wildman–Crippen LogP) is 6.06. The number of hydrogen-bond donors (Lipinski definition) is 4. The van der Waals surface area contributed by atoms with Gasteiger partial charge in [-0.15, -0.1) is 0 Å². The van der Waals surface area contributed by atoms with E-state index < -0.39 is 65.1 Å². The predicted molar refractivity (Wildman–Crippen MR) is 184 cm³/mol. The molecule has 0 bridgehead atoms. The van der Waals surface area contributed by atoms with Crippen LogP contribution in [0.3, 0.4) is 0 Å². The zero-order valence-electron chi connectivity index (χ0n) is 31.1. The van der Waals surface area contributed by atoms with Crippen LogP contribution in [0.1, 0.15) is 114 Å². The van der Waals surface area contributed by atoms with Crippen LogP contribution >= 0.6 is 0 Å². The highest BCUT2D eigenvalue weighted by Gasteiger charge is 2.76. The smallest absolute Gasteiger partial charge is 0.333 e. The van der Waals surface area contributed by atoms with Crippen molar-refractivity contribution in [3.05, 3.63) is 34.9 Å². The zero-order valence-corrected chi connectivity index (χ0v) is 31.1. The third kappa shape index (κ3) is 4.89. The van der Waals surface area contributed by atoms with Crippen LogP contribution in [0.15, 0.2) is 34.9 Å². The third-order valence-electron chi connectivity index (χ3n) is 15.4. The molecule has 4 fully saturated rings. The molecule has 0 heterocycles. The summed E-state index contributed by atoms with van der Waals surface area (Å²) in [7, 11) is 0. The minimum absolute atomic E-state index is 0.0537. The van der Waals surface area contributed by atoms with Gasteiger partial charge in [0, 0.05) is 28.6 Å². The maximum atomic E-state index is 13.5. The Bertz CT molecular complexity index is 1390. The highest BCUT2D eigenvalue weighted by molar-refractivity contribution is 5.88. The summed E-state index contributed by atoms with van der Waals surface area (Å²) in [5.41, 5.74) is -1.92. The molecule has 8 nitrogen and oxygen atoms in total. The van der Waals surface area contributed by atoms with Gasteiger partial charge >= 0.3 is 11.9 Å². The normalized spacial score (nSPS) is 47.0. The number of esters is 2. The highest BCUT2D eigenvalue weighted by Crippen LogP contribution is 2.76. The average Bonchev–Trinajstić information content (AvgIpc) is 3.04. The summed E-state index contributed by atoms with van der Waals surface area (Å²) in [5, 5.41) is 47.3. The van der Waals surface area contributed by atoms with E-state index in [2.05, 4.69) is 33.8 Å². The van der Waals surface area contributed by atoms with Crippen molar-refractivity contribution in [3.63, 3.8) is 0 Å². The number of aliphatic hydroxyl groups is 4. The fourth-order valence-corrected chi connectivity index (χ4v) is 12.0. The van der Waals surface area contributed by atoms with Gasteiger partial charge in [-0.2, -0.15) is 0 Å². The first kappa shape index (κ1) is 37.3. The van der Waals surface area contributed by atoms with E-state index in [1.807, 2.05) is 13.8 Å². The lowest BCUT2D eigenvalue weighted by molar-refractivity contribution is -0.291. The Balaban J connectivity index is 1.69. The number of ether oxygens (including phenoxy) is 2. The van der Waals surface area contributed by atoms with Crippen LogP contribution < -0.4 is 0 Å². The van der Waals surface area contributed by atoms with E-state index >= 15 is 0 Å². The Hall–Kier alpha value is -2.00. The lowest BCUT2D eigenvalue weighted by Crippen LogP contribution is -2.76. The zero-order chi connectivity index (χ0) is 35.8. The SMILES string of the molecule is CC=C(C)C(=O)O[C@@H]1[C@H](OC(=O)C(C)=CC)C(C)(C)CC2C3=CCC4[C@@]5(C)CCC[C@](C)(CO)C5CC[C@@]4(C)[C@]3(C)[C@@H](O)[C@H](O)[C@]21CO. The first-order valence-electron chi connectivity index (χ1n) is 18.3. The average molecular weight is 671 g/mol. The van der Waals surface area contributed by atoms with Crippen molar-refractivity contribution in [2.45, 2.75) is 139 Å². The molecule has 0 aromatic heterocycles. The molecular weight excluding hydrogens is 608 g/mol. The van der Waals surface area contributed by atoms with Gasteiger partial charge in [-0.25, -0.2) is 9.59 Å². The highest BCUT2D eigenvalue weighted by atomic mass is 16.6. The molecule has 0 aliphatic heterocycles. The minimum Gasteiger partial charge on any atom is -0.454 e. The third-order valence-corrected chi connectivity index (χ3v) is 15.4. The molecule has 48 heavy (non-hydrogen) atoms. The van der Waals surface area contributed by atoms with E-state index in [-0.39, 0.29) is 28.8 Å². The number of carbonyl (C=O) groups excluding carboxylic acids is 2. The molecule has 12 atom stereocenters. The van der Waals surface area contributed by atoms with Crippen LogP contribution in [0.4, 0.5) is 0 Å². The van der Waals surface area contributed by atoms with E-state index in [1.165, 1.54) is 0 Å². The second kappa shape index (κ2) is 12.3. The Labute approximate surface area is 288 Å². The van der Waals surface area contributed by atoms with Crippen LogP contribution in [0, 0.1) is 50.2 Å². The molecule has 0 amide bonds. The number of carbonyl (C=O) groups is 2. The van der Waals surface area contributed by atoms with E-state index in [0.717, 1.165) is 44.1 Å². The van der Waals surface area contributed by atoms with Gasteiger partial charge in [0.1, 0.15) is 6.10 Å². The molecule has 3 unspecified atom stereocenters. The summed E-state index contributed by atoms with van der Waals surface area (Å²) in [6.45, 7) is 19.4. The number of fused-ring (bicyclic) bond motifs is 7. The summed E-state index contributed by atoms with van der Waals surface area (Å²) in [5.74, 6) is -1.06. The molecule has 4 saturated carbocycles. The molecule has 270 valence electrons.